The summed E-state index contributed by atoms with van der Waals surface area (Å²) in [5, 5.41) is 6.22. The van der Waals surface area contributed by atoms with E-state index in [9.17, 15) is 4.79 Å². The monoisotopic (exact) mass is 326 g/mol. The van der Waals surface area contributed by atoms with Crippen LogP contribution >= 0.6 is 15.9 Å². The van der Waals surface area contributed by atoms with E-state index < -0.39 is 0 Å². The number of amides is 1. The van der Waals surface area contributed by atoms with Crippen molar-refractivity contribution < 1.29 is 4.79 Å². The van der Waals surface area contributed by atoms with Gasteiger partial charge in [0.1, 0.15) is 0 Å². The van der Waals surface area contributed by atoms with Gasteiger partial charge in [-0.15, -0.1) is 0 Å². The number of carbonyl (C=O) groups is 1. The molecule has 0 heterocycles. The number of hydrogen-bond acceptors (Lipinski definition) is 2. The maximum Gasteiger partial charge on any atom is 0.234 e. The fraction of sp³-hybridized carbons (Fsp3) is 0.533. The first-order valence-corrected chi connectivity index (χ1v) is 7.47. The van der Waals surface area contributed by atoms with Gasteiger partial charge in [0, 0.05) is 16.6 Å². The maximum absolute atomic E-state index is 11.8. The Morgan fingerprint density at radius 1 is 1.16 bits per heavy atom. The Labute approximate surface area is 124 Å². The average molecular weight is 327 g/mol. The van der Waals surface area contributed by atoms with Gasteiger partial charge in [0.15, 0.2) is 0 Å². The van der Waals surface area contributed by atoms with E-state index in [4.69, 9.17) is 0 Å². The molecule has 0 aliphatic rings. The van der Waals surface area contributed by atoms with Crippen LogP contribution in [0.25, 0.3) is 0 Å². The lowest BCUT2D eigenvalue weighted by molar-refractivity contribution is -0.121. The van der Waals surface area contributed by atoms with E-state index in [1.54, 1.807) is 0 Å². The number of benzene rings is 1. The summed E-state index contributed by atoms with van der Waals surface area (Å²) in [7, 11) is 0. The molecule has 0 spiro atoms. The number of rotatable bonds is 6. The number of nitrogens with one attached hydrogen (secondary N) is 2. The van der Waals surface area contributed by atoms with Gasteiger partial charge in [-0.3, -0.25) is 4.79 Å². The standard InChI is InChI=1S/C15H23BrN2O/c1-10(2)11(3)18-15(19)9-17-12(4)13-5-7-14(16)8-6-13/h5-8,10-12,17H,9H2,1-4H3,(H,18,19)/t11?,12-/m0/s1. The van der Waals surface area contributed by atoms with Gasteiger partial charge in [0.05, 0.1) is 6.54 Å². The third kappa shape index (κ3) is 5.74. The van der Waals surface area contributed by atoms with Crippen LogP contribution in [-0.4, -0.2) is 18.5 Å². The quantitative estimate of drug-likeness (QED) is 0.842. The molecule has 1 unspecified atom stereocenters. The summed E-state index contributed by atoms with van der Waals surface area (Å²) in [5.74, 6) is 0.498. The summed E-state index contributed by atoms with van der Waals surface area (Å²) in [6.07, 6.45) is 0. The molecule has 4 heteroatoms. The minimum absolute atomic E-state index is 0.0464. The Morgan fingerprint density at radius 2 is 1.74 bits per heavy atom. The molecule has 3 nitrogen and oxygen atoms in total. The minimum Gasteiger partial charge on any atom is -0.352 e. The van der Waals surface area contributed by atoms with Crippen molar-refractivity contribution in [3.05, 3.63) is 34.3 Å². The predicted molar refractivity (Wildman–Crippen MR) is 83.0 cm³/mol. The number of carbonyl (C=O) groups excluding carboxylic acids is 1. The van der Waals surface area contributed by atoms with Crippen molar-refractivity contribution in [2.75, 3.05) is 6.54 Å². The van der Waals surface area contributed by atoms with Crippen molar-refractivity contribution in [3.63, 3.8) is 0 Å². The summed E-state index contributed by atoms with van der Waals surface area (Å²) in [5.41, 5.74) is 1.17. The molecule has 2 N–H and O–H groups in total. The van der Waals surface area contributed by atoms with Crippen molar-refractivity contribution in [3.8, 4) is 0 Å². The SMILES string of the molecule is CC(C)C(C)NC(=O)CN[C@@H](C)c1ccc(Br)cc1. The van der Waals surface area contributed by atoms with Gasteiger partial charge in [0.25, 0.3) is 0 Å². The van der Waals surface area contributed by atoms with Crippen LogP contribution in [0.5, 0.6) is 0 Å². The zero-order chi connectivity index (χ0) is 14.4. The molecule has 2 atom stereocenters. The molecule has 0 aliphatic carbocycles. The van der Waals surface area contributed by atoms with Gasteiger partial charge in [-0.2, -0.15) is 0 Å². The van der Waals surface area contributed by atoms with Crippen molar-refractivity contribution >= 4 is 21.8 Å². The molecule has 1 aromatic rings. The van der Waals surface area contributed by atoms with Crippen LogP contribution in [0.3, 0.4) is 0 Å². The van der Waals surface area contributed by atoms with Crippen molar-refractivity contribution in [1.82, 2.24) is 10.6 Å². The molecule has 0 radical (unpaired) electrons. The molecular formula is C15H23BrN2O. The smallest absolute Gasteiger partial charge is 0.234 e. The maximum atomic E-state index is 11.8. The normalized spacial score (nSPS) is 14.2. The van der Waals surface area contributed by atoms with Crippen LogP contribution in [0.4, 0.5) is 0 Å². The molecule has 0 bridgehead atoms. The topological polar surface area (TPSA) is 41.1 Å². The van der Waals surface area contributed by atoms with Crippen LogP contribution < -0.4 is 10.6 Å². The van der Waals surface area contributed by atoms with E-state index in [1.165, 1.54) is 5.56 Å². The molecule has 1 amide bonds. The molecule has 1 rings (SSSR count). The van der Waals surface area contributed by atoms with Crippen LogP contribution in [0, 0.1) is 5.92 Å². The first-order chi connectivity index (χ1) is 8.90. The molecule has 0 aliphatic heterocycles. The van der Waals surface area contributed by atoms with Gasteiger partial charge in [-0.05, 0) is 37.5 Å². The van der Waals surface area contributed by atoms with Gasteiger partial charge >= 0.3 is 0 Å². The lowest BCUT2D eigenvalue weighted by Gasteiger charge is -2.19. The Hall–Kier alpha value is -0.870. The van der Waals surface area contributed by atoms with E-state index in [2.05, 4.69) is 59.5 Å². The average Bonchev–Trinajstić information content (AvgIpc) is 2.36. The van der Waals surface area contributed by atoms with Gasteiger partial charge in [-0.1, -0.05) is 41.9 Å². The molecule has 0 saturated carbocycles. The molecule has 0 saturated heterocycles. The molecule has 1 aromatic carbocycles. The lowest BCUT2D eigenvalue weighted by atomic mass is 10.1. The van der Waals surface area contributed by atoms with E-state index in [0.717, 1.165) is 4.47 Å². The summed E-state index contributed by atoms with van der Waals surface area (Å²) in [6, 6.07) is 8.49. The van der Waals surface area contributed by atoms with Crippen LogP contribution in [0.2, 0.25) is 0 Å². The van der Waals surface area contributed by atoms with Gasteiger partial charge in [-0.25, -0.2) is 0 Å². The first-order valence-electron chi connectivity index (χ1n) is 6.68. The second kappa shape index (κ2) is 7.65. The first kappa shape index (κ1) is 16.2. The zero-order valence-corrected chi connectivity index (χ0v) is 13.6. The highest BCUT2D eigenvalue weighted by atomic mass is 79.9. The molecular weight excluding hydrogens is 304 g/mol. The van der Waals surface area contributed by atoms with Crippen molar-refractivity contribution in [1.29, 1.82) is 0 Å². The largest absolute Gasteiger partial charge is 0.352 e. The highest BCUT2D eigenvalue weighted by Crippen LogP contribution is 2.16. The highest BCUT2D eigenvalue weighted by Gasteiger charge is 2.12. The molecule has 106 valence electrons. The molecule has 0 fully saturated rings. The van der Waals surface area contributed by atoms with Crippen LogP contribution in [-0.2, 0) is 4.79 Å². The van der Waals surface area contributed by atoms with Crippen molar-refractivity contribution in [2.24, 2.45) is 5.92 Å². The molecule has 19 heavy (non-hydrogen) atoms. The summed E-state index contributed by atoms with van der Waals surface area (Å²) < 4.78 is 1.06. The number of hydrogen-bond donors (Lipinski definition) is 2. The number of halogens is 1. The Balaban J connectivity index is 2.39. The minimum atomic E-state index is 0.0464. The third-order valence-corrected chi connectivity index (χ3v) is 3.86. The lowest BCUT2D eigenvalue weighted by Crippen LogP contribution is -2.41. The van der Waals surface area contributed by atoms with Gasteiger partial charge < -0.3 is 10.6 Å². The Bertz CT molecular complexity index is 403. The van der Waals surface area contributed by atoms with Crippen LogP contribution in [0.15, 0.2) is 28.7 Å². The summed E-state index contributed by atoms with van der Waals surface area (Å²) >= 11 is 3.41. The molecule has 0 aromatic heterocycles. The highest BCUT2D eigenvalue weighted by molar-refractivity contribution is 9.10. The summed E-state index contributed by atoms with van der Waals surface area (Å²) in [4.78, 5) is 11.8. The van der Waals surface area contributed by atoms with E-state index >= 15 is 0 Å². The second-order valence-electron chi connectivity index (χ2n) is 5.25. The predicted octanol–water partition coefficient (Wildman–Crippen LogP) is 3.26. The zero-order valence-electron chi connectivity index (χ0n) is 12.0. The van der Waals surface area contributed by atoms with E-state index in [-0.39, 0.29) is 18.0 Å². The van der Waals surface area contributed by atoms with Crippen LogP contribution in [0.1, 0.15) is 39.3 Å². The Kier molecular flexibility index (Phi) is 6.52. The van der Waals surface area contributed by atoms with Crippen molar-refractivity contribution in [2.45, 2.75) is 39.8 Å². The fourth-order valence-corrected chi connectivity index (χ4v) is 1.85. The van der Waals surface area contributed by atoms with E-state index in [1.807, 2.05) is 19.1 Å². The van der Waals surface area contributed by atoms with Gasteiger partial charge in [0.2, 0.25) is 5.91 Å². The van der Waals surface area contributed by atoms with E-state index in [0.29, 0.717) is 12.5 Å². The third-order valence-electron chi connectivity index (χ3n) is 3.33. The fourth-order valence-electron chi connectivity index (χ4n) is 1.59. The Morgan fingerprint density at radius 3 is 2.26 bits per heavy atom. The second-order valence-corrected chi connectivity index (χ2v) is 6.17. The summed E-state index contributed by atoms with van der Waals surface area (Å²) in [6.45, 7) is 8.63.